The van der Waals surface area contributed by atoms with Crippen molar-refractivity contribution >= 4 is 0 Å². The quantitative estimate of drug-likeness (QED) is 0.893. The summed E-state index contributed by atoms with van der Waals surface area (Å²) in [4.78, 5) is 8.64. The van der Waals surface area contributed by atoms with Gasteiger partial charge in [-0.2, -0.15) is 0 Å². The van der Waals surface area contributed by atoms with Gasteiger partial charge in [0.25, 0.3) is 0 Å². The molecule has 1 aromatic heterocycles. The summed E-state index contributed by atoms with van der Waals surface area (Å²) in [6.45, 7) is 2.15. The average molecular weight is 257 g/mol. The first kappa shape index (κ1) is 13.5. The van der Waals surface area contributed by atoms with Crippen molar-refractivity contribution in [3.05, 3.63) is 53.5 Å². The third-order valence-corrected chi connectivity index (χ3v) is 3.19. The van der Waals surface area contributed by atoms with Gasteiger partial charge in [0.05, 0.1) is 13.2 Å². The molecule has 0 fully saturated rings. The molecule has 1 N–H and O–H groups in total. The maximum Gasteiger partial charge on any atom is 0.237 e. The van der Waals surface area contributed by atoms with Crippen LogP contribution in [0, 0.1) is 0 Å². The Labute approximate surface area is 113 Å². The Kier molecular flexibility index (Phi) is 4.47. The molecule has 1 aromatic carbocycles. The second-order valence-electron chi connectivity index (χ2n) is 4.22. The van der Waals surface area contributed by atoms with Crippen molar-refractivity contribution in [1.29, 1.82) is 0 Å². The number of ether oxygens (including phenoxy) is 1. The van der Waals surface area contributed by atoms with Gasteiger partial charge in [-0.3, -0.25) is 4.98 Å². The third-order valence-electron chi connectivity index (χ3n) is 3.19. The van der Waals surface area contributed by atoms with Crippen molar-refractivity contribution < 1.29 is 4.74 Å². The summed E-state index contributed by atoms with van der Waals surface area (Å²) in [5.74, 6) is 0.563. The minimum Gasteiger partial charge on any atom is -0.480 e. The number of hydrogen-bond acceptors (Lipinski definition) is 4. The Morgan fingerprint density at radius 3 is 2.63 bits per heavy atom. The van der Waals surface area contributed by atoms with Gasteiger partial charge in [0, 0.05) is 12.4 Å². The number of nitrogens with one attached hydrogen (secondary N) is 1. The maximum atomic E-state index is 5.31. The Balaban J connectivity index is 2.50. The smallest absolute Gasteiger partial charge is 0.237 e. The van der Waals surface area contributed by atoms with Crippen molar-refractivity contribution in [1.82, 2.24) is 15.3 Å². The second kappa shape index (κ2) is 6.29. The van der Waals surface area contributed by atoms with E-state index in [1.54, 1.807) is 19.5 Å². The van der Waals surface area contributed by atoms with Crippen molar-refractivity contribution in [3.63, 3.8) is 0 Å². The van der Waals surface area contributed by atoms with Crippen LogP contribution in [0.3, 0.4) is 0 Å². The number of methoxy groups -OCH3 is 1. The molecule has 0 saturated heterocycles. The van der Waals surface area contributed by atoms with E-state index in [9.17, 15) is 0 Å². The van der Waals surface area contributed by atoms with Crippen molar-refractivity contribution in [3.8, 4) is 5.88 Å². The number of aryl methyl sites for hydroxylation is 1. The summed E-state index contributed by atoms with van der Waals surface area (Å²) in [6.07, 6.45) is 4.31. The van der Waals surface area contributed by atoms with E-state index in [4.69, 9.17) is 4.74 Å². The van der Waals surface area contributed by atoms with Crippen LogP contribution in [0.5, 0.6) is 5.88 Å². The first-order valence-electron chi connectivity index (χ1n) is 6.41. The molecule has 2 rings (SSSR count). The SMILES string of the molecule is CCc1ccccc1C(NC)c1nccnc1OC. The molecule has 4 heteroatoms. The molecular formula is C15H19N3O. The summed E-state index contributed by atoms with van der Waals surface area (Å²) in [6, 6.07) is 8.35. The van der Waals surface area contributed by atoms with Gasteiger partial charge in [-0.1, -0.05) is 31.2 Å². The molecule has 0 aliphatic rings. The standard InChI is InChI=1S/C15H19N3O/c1-4-11-7-5-6-8-12(11)13(16-2)14-15(19-3)18-10-9-17-14/h5-10,13,16H,4H2,1-3H3. The number of aromatic nitrogens is 2. The largest absolute Gasteiger partial charge is 0.480 e. The highest BCUT2D eigenvalue weighted by Crippen LogP contribution is 2.28. The van der Waals surface area contributed by atoms with Crippen molar-refractivity contribution in [2.24, 2.45) is 0 Å². The topological polar surface area (TPSA) is 47.0 Å². The molecule has 0 saturated carbocycles. The van der Waals surface area contributed by atoms with E-state index in [0.29, 0.717) is 5.88 Å². The minimum atomic E-state index is -0.0141. The predicted octanol–water partition coefficient (Wildman–Crippen LogP) is 2.36. The predicted molar refractivity (Wildman–Crippen MR) is 75.3 cm³/mol. The van der Waals surface area contributed by atoms with Crippen LogP contribution in [-0.2, 0) is 6.42 Å². The minimum absolute atomic E-state index is 0.0141. The summed E-state index contributed by atoms with van der Waals surface area (Å²) < 4.78 is 5.31. The second-order valence-corrected chi connectivity index (χ2v) is 4.22. The fraction of sp³-hybridized carbons (Fsp3) is 0.333. The van der Waals surface area contributed by atoms with E-state index in [-0.39, 0.29) is 6.04 Å². The van der Waals surface area contributed by atoms with Gasteiger partial charge in [-0.15, -0.1) is 0 Å². The molecule has 4 nitrogen and oxygen atoms in total. The van der Waals surface area contributed by atoms with Crippen LogP contribution in [0.15, 0.2) is 36.7 Å². The van der Waals surface area contributed by atoms with Crippen LogP contribution < -0.4 is 10.1 Å². The number of hydrogen-bond donors (Lipinski definition) is 1. The summed E-state index contributed by atoms with van der Waals surface area (Å²) in [5, 5.41) is 3.30. The lowest BCUT2D eigenvalue weighted by atomic mass is 9.96. The van der Waals surface area contributed by atoms with Crippen LogP contribution in [0.4, 0.5) is 0 Å². The van der Waals surface area contributed by atoms with Crippen molar-refractivity contribution in [2.45, 2.75) is 19.4 Å². The maximum absolute atomic E-state index is 5.31. The van der Waals surface area contributed by atoms with Crippen molar-refractivity contribution in [2.75, 3.05) is 14.2 Å². The molecular weight excluding hydrogens is 238 g/mol. The van der Waals surface area contributed by atoms with Gasteiger partial charge in [-0.25, -0.2) is 4.98 Å². The van der Waals surface area contributed by atoms with E-state index in [1.165, 1.54) is 11.1 Å². The summed E-state index contributed by atoms with van der Waals surface area (Å²) >= 11 is 0. The molecule has 0 aliphatic carbocycles. The van der Waals surface area contributed by atoms with Gasteiger partial charge >= 0.3 is 0 Å². The van der Waals surface area contributed by atoms with Gasteiger partial charge in [0.15, 0.2) is 0 Å². The van der Waals surface area contributed by atoms with Crippen LogP contribution in [0.2, 0.25) is 0 Å². The molecule has 19 heavy (non-hydrogen) atoms. The van der Waals surface area contributed by atoms with Gasteiger partial charge < -0.3 is 10.1 Å². The van der Waals surface area contributed by atoms with Crippen LogP contribution >= 0.6 is 0 Å². The van der Waals surface area contributed by atoms with E-state index in [0.717, 1.165) is 12.1 Å². The molecule has 0 aliphatic heterocycles. The fourth-order valence-corrected chi connectivity index (χ4v) is 2.27. The van der Waals surface area contributed by atoms with Gasteiger partial charge in [0.2, 0.25) is 5.88 Å². The van der Waals surface area contributed by atoms with Crippen LogP contribution in [-0.4, -0.2) is 24.1 Å². The zero-order valence-electron chi connectivity index (χ0n) is 11.6. The van der Waals surface area contributed by atoms with Gasteiger partial charge in [0.1, 0.15) is 5.69 Å². The van der Waals surface area contributed by atoms with E-state index < -0.39 is 0 Å². The highest BCUT2D eigenvalue weighted by atomic mass is 16.5. The van der Waals surface area contributed by atoms with E-state index >= 15 is 0 Å². The Morgan fingerprint density at radius 2 is 1.95 bits per heavy atom. The summed E-state index contributed by atoms with van der Waals surface area (Å²) in [5.41, 5.74) is 3.33. The lowest BCUT2D eigenvalue weighted by Crippen LogP contribution is -2.21. The third kappa shape index (κ3) is 2.74. The first-order chi connectivity index (χ1) is 9.31. The molecule has 0 radical (unpaired) electrons. The highest BCUT2D eigenvalue weighted by molar-refractivity contribution is 5.38. The molecule has 2 aromatic rings. The molecule has 0 amide bonds. The molecule has 0 spiro atoms. The number of nitrogens with zero attached hydrogens (tertiary/aromatic N) is 2. The lowest BCUT2D eigenvalue weighted by Gasteiger charge is -2.20. The number of benzene rings is 1. The zero-order valence-corrected chi connectivity index (χ0v) is 11.6. The molecule has 1 unspecified atom stereocenters. The van der Waals surface area contributed by atoms with Crippen LogP contribution in [0.1, 0.15) is 29.8 Å². The highest BCUT2D eigenvalue weighted by Gasteiger charge is 2.20. The molecule has 1 atom stereocenters. The van der Waals surface area contributed by atoms with Gasteiger partial charge in [-0.05, 0) is 24.6 Å². The fourth-order valence-electron chi connectivity index (χ4n) is 2.27. The first-order valence-corrected chi connectivity index (χ1v) is 6.41. The monoisotopic (exact) mass is 257 g/mol. The summed E-state index contributed by atoms with van der Waals surface area (Å²) in [7, 11) is 3.54. The normalized spacial score (nSPS) is 12.2. The molecule has 100 valence electrons. The Bertz CT molecular complexity index is 495. The lowest BCUT2D eigenvalue weighted by molar-refractivity contribution is 0.384. The van der Waals surface area contributed by atoms with E-state index in [2.05, 4.69) is 40.4 Å². The zero-order chi connectivity index (χ0) is 13.7. The average Bonchev–Trinajstić information content (AvgIpc) is 2.49. The molecule has 0 bridgehead atoms. The van der Waals surface area contributed by atoms with Crippen LogP contribution in [0.25, 0.3) is 0 Å². The van der Waals surface area contributed by atoms with E-state index in [1.807, 2.05) is 13.1 Å². The number of rotatable bonds is 5. The molecule has 1 heterocycles. The Morgan fingerprint density at radius 1 is 1.21 bits per heavy atom. The Hall–Kier alpha value is -1.94.